The number of fused-ring (bicyclic) bond motifs is 1. The zero-order valence-corrected chi connectivity index (χ0v) is 20.8. The Morgan fingerprint density at radius 2 is 1.68 bits per heavy atom. The van der Waals surface area contributed by atoms with E-state index in [1.165, 1.54) is 73.6 Å². The standard InChI is InChI=1S/C31H44/c1-7-22(2)24-13-15-26(16-14-24)28-19-20-31(6)21-27(17-18-29(31)30(28,4)5)23(3)25-11-9-8-10-12-25/h13-16,18-19,23,25,27H,2,7-12,17,20-21H2,1,3-6H3/t23-,27+,31-/m1/s1. The molecule has 1 fully saturated rings. The van der Waals surface area contributed by atoms with Crippen LogP contribution >= 0.6 is 0 Å². The van der Waals surface area contributed by atoms with Gasteiger partial charge in [0, 0.05) is 5.41 Å². The van der Waals surface area contributed by atoms with Crippen molar-refractivity contribution in [1.82, 2.24) is 0 Å². The van der Waals surface area contributed by atoms with Crippen molar-refractivity contribution in [1.29, 1.82) is 0 Å². The summed E-state index contributed by atoms with van der Waals surface area (Å²) < 4.78 is 0. The van der Waals surface area contributed by atoms with Gasteiger partial charge in [-0.3, -0.25) is 0 Å². The van der Waals surface area contributed by atoms with Gasteiger partial charge in [-0.15, -0.1) is 0 Å². The Labute approximate surface area is 191 Å². The van der Waals surface area contributed by atoms with Crippen LogP contribution in [0.4, 0.5) is 0 Å². The molecule has 1 aromatic carbocycles. The molecule has 31 heavy (non-hydrogen) atoms. The minimum atomic E-state index is 0.106. The number of benzene rings is 1. The van der Waals surface area contributed by atoms with Gasteiger partial charge in [0.2, 0.25) is 0 Å². The number of hydrogen-bond acceptors (Lipinski definition) is 0. The Hall–Kier alpha value is -1.56. The van der Waals surface area contributed by atoms with Crippen molar-refractivity contribution >= 4 is 11.1 Å². The van der Waals surface area contributed by atoms with Gasteiger partial charge < -0.3 is 0 Å². The molecule has 4 rings (SSSR count). The Kier molecular flexibility index (Phi) is 6.39. The molecule has 0 nitrogen and oxygen atoms in total. The quantitative estimate of drug-likeness (QED) is 0.419. The van der Waals surface area contributed by atoms with E-state index in [-0.39, 0.29) is 5.41 Å². The molecule has 0 saturated heterocycles. The summed E-state index contributed by atoms with van der Waals surface area (Å²) in [5, 5.41) is 0. The maximum absolute atomic E-state index is 4.21. The van der Waals surface area contributed by atoms with Crippen LogP contribution in [0.3, 0.4) is 0 Å². The monoisotopic (exact) mass is 416 g/mol. The van der Waals surface area contributed by atoms with Crippen LogP contribution in [0, 0.1) is 28.6 Å². The molecule has 0 bridgehead atoms. The predicted octanol–water partition coefficient (Wildman–Crippen LogP) is 9.48. The highest BCUT2D eigenvalue weighted by molar-refractivity contribution is 5.76. The minimum Gasteiger partial charge on any atom is -0.0952 e. The summed E-state index contributed by atoms with van der Waals surface area (Å²) in [6, 6.07) is 9.18. The van der Waals surface area contributed by atoms with Gasteiger partial charge in [0.05, 0.1) is 0 Å². The fourth-order valence-corrected chi connectivity index (χ4v) is 7.23. The molecule has 0 radical (unpaired) electrons. The van der Waals surface area contributed by atoms with E-state index < -0.39 is 0 Å². The second kappa shape index (κ2) is 8.76. The average molecular weight is 417 g/mol. The van der Waals surface area contributed by atoms with E-state index >= 15 is 0 Å². The first-order valence-electron chi connectivity index (χ1n) is 13.0. The maximum atomic E-state index is 4.21. The van der Waals surface area contributed by atoms with E-state index in [2.05, 4.69) is 77.6 Å². The van der Waals surface area contributed by atoms with Crippen LogP contribution in [0.2, 0.25) is 0 Å². The van der Waals surface area contributed by atoms with Crippen molar-refractivity contribution in [3.63, 3.8) is 0 Å². The van der Waals surface area contributed by atoms with Crippen molar-refractivity contribution in [3.8, 4) is 0 Å². The second-order valence-electron chi connectivity index (χ2n) is 11.6. The van der Waals surface area contributed by atoms with Crippen LogP contribution < -0.4 is 0 Å². The molecule has 0 aromatic heterocycles. The topological polar surface area (TPSA) is 0 Å². The van der Waals surface area contributed by atoms with Gasteiger partial charge in [0.25, 0.3) is 0 Å². The van der Waals surface area contributed by atoms with Crippen LogP contribution in [-0.4, -0.2) is 0 Å². The van der Waals surface area contributed by atoms with Gasteiger partial charge >= 0.3 is 0 Å². The van der Waals surface area contributed by atoms with Crippen LogP contribution in [0.15, 0.2) is 48.6 Å². The van der Waals surface area contributed by atoms with E-state index in [1.807, 2.05) is 0 Å². The first-order chi connectivity index (χ1) is 14.8. The summed E-state index contributed by atoms with van der Waals surface area (Å²) in [6.07, 6.45) is 17.4. The van der Waals surface area contributed by atoms with Crippen LogP contribution in [0.1, 0.15) is 104 Å². The number of hydrogen-bond donors (Lipinski definition) is 0. The largest absolute Gasteiger partial charge is 0.0952 e. The molecule has 1 saturated carbocycles. The smallest absolute Gasteiger partial charge is 0.0113 e. The first-order valence-corrected chi connectivity index (χ1v) is 13.0. The van der Waals surface area contributed by atoms with E-state index in [0.717, 1.165) is 24.2 Å². The normalized spacial score (nSPS) is 29.5. The Bertz CT molecular complexity index is 856. The molecule has 0 spiro atoms. The molecule has 0 heteroatoms. The van der Waals surface area contributed by atoms with Crippen molar-refractivity contribution < 1.29 is 0 Å². The van der Waals surface area contributed by atoms with Crippen LogP contribution in [0.5, 0.6) is 0 Å². The van der Waals surface area contributed by atoms with E-state index in [4.69, 9.17) is 0 Å². The summed E-state index contributed by atoms with van der Waals surface area (Å²) in [7, 11) is 0. The molecule has 0 unspecified atom stereocenters. The lowest BCUT2D eigenvalue weighted by atomic mass is 9.53. The van der Waals surface area contributed by atoms with Gasteiger partial charge in [0.15, 0.2) is 0 Å². The van der Waals surface area contributed by atoms with Crippen LogP contribution in [-0.2, 0) is 0 Å². The SMILES string of the molecule is C=C(CC)c1ccc(C2=CC[C@]3(C)C[C@@H]([C@H](C)C4CCCCC4)CC=C3C2(C)C)cc1. The molecule has 0 amide bonds. The van der Waals surface area contributed by atoms with Gasteiger partial charge in [-0.1, -0.05) is 115 Å². The third-order valence-corrected chi connectivity index (χ3v) is 9.26. The van der Waals surface area contributed by atoms with Gasteiger partial charge in [-0.2, -0.15) is 0 Å². The van der Waals surface area contributed by atoms with Crippen LogP contribution in [0.25, 0.3) is 11.1 Å². The molecule has 0 N–H and O–H groups in total. The maximum Gasteiger partial charge on any atom is 0.0113 e. The predicted molar refractivity (Wildman–Crippen MR) is 137 cm³/mol. The lowest BCUT2D eigenvalue weighted by molar-refractivity contribution is 0.131. The average Bonchev–Trinajstić information content (AvgIpc) is 2.78. The molecule has 0 aliphatic heterocycles. The highest BCUT2D eigenvalue weighted by Gasteiger charge is 2.47. The highest BCUT2D eigenvalue weighted by Crippen LogP contribution is 2.59. The summed E-state index contributed by atoms with van der Waals surface area (Å²) in [6.45, 7) is 16.4. The summed E-state index contributed by atoms with van der Waals surface area (Å²) >= 11 is 0. The fourth-order valence-electron chi connectivity index (χ4n) is 7.23. The molecule has 0 heterocycles. The second-order valence-corrected chi connectivity index (χ2v) is 11.6. The Morgan fingerprint density at radius 3 is 2.32 bits per heavy atom. The molecule has 3 atom stereocenters. The van der Waals surface area contributed by atoms with E-state index in [0.29, 0.717) is 5.41 Å². The molecular weight excluding hydrogens is 372 g/mol. The zero-order valence-electron chi connectivity index (χ0n) is 20.8. The Balaban J connectivity index is 1.56. The molecule has 1 aromatic rings. The van der Waals surface area contributed by atoms with Crippen molar-refractivity contribution in [2.24, 2.45) is 28.6 Å². The van der Waals surface area contributed by atoms with Gasteiger partial charge in [0.1, 0.15) is 0 Å². The fraction of sp³-hybridized carbons (Fsp3) is 0.613. The first kappa shape index (κ1) is 22.6. The lowest BCUT2D eigenvalue weighted by Gasteiger charge is -2.51. The molecular formula is C31H44. The summed E-state index contributed by atoms with van der Waals surface area (Å²) in [4.78, 5) is 0. The lowest BCUT2D eigenvalue weighted by Crippen LogP contribution is -2.39. The highest BCUT2D eigenvalue weighted by atomic mass is 14.5. The molecule has 168 valence electrons. The Morgan fingerprint density at radius 1 is 1.00 bits per heavy atom. The van der Waals surface area contributed by atoms with Gasteiger partial charge in [-0.25, -0.2) is 0 Å². The molecule has 3 aliphatic rings. The number of allylic oxidation sites excluding steroid dienone is 5. The summed E-state index contributed by atoms with van der Waals surface area (Å²) in [5.74, 6) is 2.71. The third-order valence-electron chi connectivity index (χ3n) is 9.26. The molecule has 3 aliphatic carbocycles. The third kappa shape index (κ3) is 4.24. The van der Waals surface area contributed by atoms with Crippen molar-refractivity contribution in [2.45, 2.75) is 92.4 Å². The minimum absolute atomic E-state index is 0.106. The zero-order chi connectivity index (χ0) is 22.2. The van der Waals surface area contributed by atoms with Crippen molar-refractivity contribution in [3.05, 3.63) is 59.7 Å². The van der Waals surface area contributed by atoms with Gasteiger partial charge in [-0.05, 0) is 71.1 Å². The van der Waals surface area contributed by atoms with E-state index in [1.54, 1.807) is 5.57 Å². The van der Waals surface area contributed by atoms with E-state index in [9.17, 15) is 0 Å². The number of rotatable bonds is 5. The van der Waals surface area contributed by atoms with Crippen molar-refractivity contribution in [2.75, 3.05) is 0 Å². The summed E-state index contributed by atoms with van der Waals surface area (Å²) in [5.41, 5.74) is 7.55.